The summed E-state index contributed by atoms with van der Waals surface area (Å²) >= 11 is 1.44. The lowest BCUT2D eigenvalue weighted by molar-refractivity contribution is -0.115. The third-order valence-electron chi connectivity index (χ3n) is 3.24. The second kappa shape index (κ2) is 6.49. The van der Waals surface area contributed by atoms with Gasteiger partial charge in [0.05, 0.1) is 5.69 Å². The third-order valence-corrected chi connectivity index (χ3v) is 4.00. The van der Waals surface area contributed by atoms with E-state index < -0.39 is 0 Å². The predicted molar refractivity (Wildman–Crippen MR) is 89.7 cm³/mol. The van der Waals surface area contributed by atoms with Crippen molar-refractivity contribution >= 4 is 22.4 Å². The molecule has 22 heavy (non-hydrogen) atoms. The summed E-state index contributed by atoms with van der Waals surface area (Å²) in [5.41, 5.74) is 4.13. The van der Waals surface area contributed by atoms with Crippen LogP contribution in [0.15, 0.2) is 54.2 Å². The summed E-state index contributed by atoms with van der Waals surface area (Å²) in [5, 5.41) is 5.38. The Morgan fingerprint density at radius 3 is 2.68 bits per heavy atom. The molecule has 2 heterocycles. The molecule has 0 fully saturated rings. The van der Waals surface area contributed by atoms with Crippen molar-refractivity contribution in [3.8, 4) is 22.4 Å². The molecule has 4 nitrogen and oxygen atoms in total. The molecule has 5 heteroatoms. The molecule has 0 aliphatic rings. The highest BCUT2D eigenvalue weighted by molar-refractivity contribution is 7.14. The first-order valence-electron chi connectivity index (χ1n) is 7.02. The fourth-order valence-electron chi connectivity index (χ4n) is 2.07. The lowest BCUT2D eigenvalue weighted by Gasteiger charge is -2.03. The third kappa shape index (κ3) is 3.20. The van der Waals surface area contributed by atoms with Crippen molar-refractivity contribution in [2.75, 3.05) is 5.32 Å². The van der Waals surface area contributed by atoms with Crippen molar-refractivity contribution in [1.29, 1.82) is 0 Å². The van der Waals surface area contributed by atoms with Gasteiger partial charge in [0.1, 0.15) is 0 Å². The summed E-state index contributed by atoms with van der Waals surface area (Å²) in [5.74, 6) is -0.0218. The van der Waals surface area contributed by atoms with E-state index in [9.17, 15) is 4.79 Å². The maximum absolute atomic E-state index is 11.4. The molecule has 0 bridgehead atoms. The average Bonchev–Trinajstić information content (AvgIpc) is 3.04. The number of aromatic nitrogens is 2. The molecule has 0 spiro atoms. The predicted octanol–water partition coefficient (Wildman–Crippen LogP) is 4.22. The Bertz CT molecular complexity index is 783. The molecule has 1 aromatic carbocycles. The molecule has 0 radical (unpaired) electrons. The van der Waals surface area contributed by atoms with Crippen LogP contribution in [0, 0.1) is 0 Å². The van der Waals surface area contributed by atoms with Gasteiger partial charge in [0.15, 0.2) is 5.13 Å². The lowest BCUT2D eigenvalue weighted by atomic mass is 10.0. The molecule has 0 saturated heterocycles. The smallest absolute Gasteiger partial charge is 0.225 e. The number of carbonyl (C=O) groups excluding carboxylic acids is 1. The Morgan fingerprint density at radius 1 is 1.14 bits per heavy atom. The monoisotopic (exact) mass is 309 g/mol. The van der Waals surface area contributed by atoms with E-state index in [0.717, 1.165) is 22.4 Å². The summed E-state index contributed by atoms with van der Waals surface area (Å²) < 4.78 is 0. The number of carbonyl (C=O) groups is 1. The van der Waals surface area contributed by atoms with E-state index in [0.29, 0.717) is 11.6 Å². The summed E-state index contributed by atoms with van der Waals surface area (Å²) in [7, 11) is 0. The first-order chi connectivity index (χ1) is 10.8. The number of thiazole rings is 1. The van der Waals surface area contributed by atoms with Crippen LogP contribution in [0.1, 0.15) is 13.3 Å². The van der Waals surface area contributed by atoms with E-state index in [1.165, 1.54) is 11.3 Å². The Morgan fingerprint density at radius 2 is 1.91 bits per heavy atom. The molecule has 0 saturated carbocycles. The van der Waals surface area contributed by atoms with Gasteiger partial charge >= 0.3 is 0 Å². The van der Waals surface area contributed by atoms with E-state index in [4.69, 9.17) is 0 Å². The van der Waals surface area contributed by atoms with Gasteiger partial charge in [-0.1, -0.05) is 25.1 Å². The number of amides is 1. The van der Waals surface area contributed by atoms with Crippen LogP contribution in [0.5, 0.6) is 0 Å². The van der Waals surface area contributed by atoms with Gasteiger partial charge in [-0.15, -0.1) is 11.3 Å². The number of nitrogens with zero attached hydrogens (tertiary/aromatic N) is 2. The van der Waals surface area contributed by atoms with Gasteiger partial charge in [0.2, 0.25) is 5.91 Å². The van der Waals surface area contributed by atoms with Crippen LogP contribution in [0.3, 0.4) is 0 Å². The summed E-state index contributed by atoms with van der Waals surface area (Å²) in [6.07, 6.45) is 4.01. The maximum atomic E-state index is 11.4. The fourth-order valence-corrected chi connectivity index (χ4v) is 2.81. The van der Waals surface area contributed by atoms with E-state index in [2.05, 4.69) is 27.4 Å². The highest BCUT2D eigenvalue weighted by Gasteiger charge is 2.08. The first-order valence-corrected chi connectivity index (χ1v) is 7.90. The van der Waals surface area contributed by atoms with Crippen LogP contribution in [0.2, 0.25) is 0 Å². The largest absolute Gasteiger partial charge is 0.302 e. The number of rotatable bonds is 4. The summed E-state index contributed by atoms with van der Waals surface area (Å²) in [6, 6.07) is 12.1. The Kier molecular flexibility index (Phi) is 4.25. The number of pyridine rings is 1. The zero-order valence-corrected chi connectivity index (χ0v) is 12.9. The molecular weight excluding hydrogens is 294 g/mol. The Labute approximate surface area is 132 Å². The fraction of sp³-hybridized carbons (Fsp3) is 0.118. The molecule has 3 aromatic rings. The highest BCUT2D eigenvalue weighted by Crippen LogP contribution is 2.28. The zero-order chi connectivity index (χ0) is 15.4. The molecule has 1 N–H and O–H groups in total. The second-order valence-electron chi connectivity index (χ2n) is 4.76. The van der Waals surface area contributed by atoms with Crippen molar-refractivity contribution < 1.29 is 4.79 Å². The number of anilines is 1. The number of benzene rings is 1. The van der Waals surface area contributed by atoms with Gasteiger partial charge in [0.25, 0.3) is 0 Å². The molecule has 0 aliphatic heterocycles. The topological polar surface area (TPSA) is 54.9 Å². The molecular formula is C17H15N3OS. The van der Waals surface area contributed by atoms with E-state index in [1.54, 1.807) is 12.4 Å². The molecule has 110 valence electrons. The standard InChI is InChI=1S/C17H15N3OS/c1-2-16(21)20-17-19-15(11-22-17)14-5-3-4-13(10-14)12-6-8-18-9-7-12/h3-11H,2H2,1H3,(H,19,20,21). The van der Waals surface area contributed by atoms with Crippen LogP contribution >= 0.6 is 11.3 Å². The average molecular weight is 309 g/mol. The van der Waals surface area contributed by atoms with Crippen LogP contribution in [0.25, 0.3) is 22.4 Å². The molecule has 2 aromatic heterocycles. The SMILES string of the molecule is CCC(=O)Nc1nc(-c2cccc(-c3ccncc3)c2)cs1. The van der Waals surface area contributed by atoms with Crippen LogP contribution < -0.4 is 5.32 Å². The van der Waals surface area contributed by atoms with Gasteiger partial charge < -0.3 is 5.32 Å². The normalized spacial score (nSPS) is 10.4. The van der Waals surface area contributed by atoms with Crippen molar-refractivity contribution in [3.05, 3.63) is 54.2 Å². The van der Waals surface area contributed by atoms with Crippen molar-refractivity contribution in [2.24, 2.45) is 0 Å². The maximum Gasteiger partial charge on any atom is 0.225 e. The molecule has 0 aliphatic carbocycles. The Hall–Kier alpha value is -2.53. The van der Waals surface area contributed by atoms with Gasteiger partial charge in [0, 0.05) is 29.8 Å². The highest BCUT2D eigenvalue weighted by atomic mass is 32.1. The van der Waals surface area contributed by atoms with Crippen LogP contribution in [-0.4, -0.2) is 15.9 Å². The minimum absolute atomic E-state index is 0.0218. The van der Waals surface area contributed by atoms with Gasteiger partial charge in [-0.2, -0.15) is 0 Å². The van der Waals surface area contributed by atoms with Gasteiger partial charge in [-0.25, -0.2) is 4.98 Å². The second-order valence-corrected chi connectivity index (χ2v) is 5.61. The van der Waals surface area contributed by atoms with Crippen LogP contribution in [0.4, 0.5) is 5.13 Å². The van der Waals surface area contributed by atoms with E-state index in [-0.39, 0.29) is 5.91 Å². The molecule has 0 atom stereocenters. The van der Waals surface area contributed by atoms with E-state index in [1.807, 2.05) is 36.6 Å². The summed E-state index contributed by atoms with van der Waals surface area (Å²) in [4.78, 5) is 19.9. The number of nitrogens with one attached hydrogen (secondary N) is 1. The minimum Gasteiger partial charge on any atom is -0.302 e. The molecule has 1 amide bonds. The lowest BCUT2D eigenvalue weighted by Crippen LogP contribution is -2.08. The first kappa shape index (κ1) is 14.4. The van der Waals surface area contributed by atoms with E-state index >= 15 is 0 Å². The quantitative estimate of drug-likeness (QED) is 0.785. The van der Waals surface area contributed by atoms with Crippen molar-refractivity contribution in [1.82, 2.24) is 9.97 Å². The van der Waals surface area contributed by atoms with Gasteiger partial charge in [-0.05, 0) is 29.3 Å². The van der Waals surface area contributed by atoms with Crippen LogP contribution in [-0.2, 0) is 4.79 Å². The Balaban J connectivity index is 1.88. The van der Waals surface area contributed by atoms with Crippen molar-refractivity contribution in [2.45, 2.75) is 13.3 Å². The molecule has 0 unspecified atom stereocenters. The zero-order valence-electron chi connectivity index (χ0n) is 12.1. The summed E-state index contributed by atoms with van der Waals surface area (Å²) in [6.45, 7) is 1.82. The number of hydrogen-bond acceptors (Lipinski definition) is 4. The minimum atomic E-state index is -0.0218. The number of hydrogen-bond donors (Lipinski definition) is 1. The molecule has 3 rings (SSSR count). The van der Waals surface area contributed by atoms with Gasteiger partial charge in [-0.3, -0.25) is 9.78 Å². The van der Waals surface area contributed by atoms with Crippen molar-refractivity contribution in [3.63, 3.8) is 0 Å².